The number of anilines is 1. The first-order valence-electron chi connectivity index (χ1n) is 5.12. The lowest BCUT2D eigenvalue weighted by Gasteiger charge is -2.27. The third kappa shape index (κ3) is 2.64. The number of carbonyl (C=O) groups is 1. The van der Waals surface area contributed by atoms with Crippen molar-refractivity contribution >= 4 is 23.4 Å². The molecular weight excluding hydrogens is 228 g/mol. The number of carboxylic acids is 1. The summed E-state index contributed by atoms with van der Waals surface area (Å²) in [5, 5.41) is 9.16. The molecule has 0 aliphatic heterocycles. The van der Waals surface area contributed by atoms with Crippen LogP contribution >= 0.6 is 11.6 Å². The van der Waals surface area contributed by atoms with Gasteiger partial charge < -0.3 is 10.0 Å². The number of hydrogen-bond donors (Lipinski definition) is 1. The van der Waals surface area contributed by atoms with E-state index < -0.39 is 5.97 Å². The fourth-order valence-corrected chi connectivity index (χ4v) is 1.79. The molecule has 1 heterocycles. The minimum atomic E-state index is -1.02. The van der Waals surface area contributed by atoms with Gasteiger partial charge in [-0.25, -0.2) is 9.78 Å². The van der Waals surface area contributed by atoms with E-state index in [1.807, 2.05) is 25.7 Å². The van der Waals surface area contributed by atoms with Crippen LogP contribution in [0.5, 0.6) is 0 Å². The molecule has 0 radical (unpaired) electrons. The molecule has 88 valence electrons. The molecule has 1 rings (SSSR count). The van der Waals surface area contributed by atoms with Crippen LogP contribution in [0.2, 0.25) is 5.02 Å². The number of aromatic carboxylic acids is 1. The van der Waals surface area contributed by atoms with Crippen molar-refractivity contribution in [3.8, 4) is 0 Å². The van der Waals surface area contributed by atoms with Crippen molar-refractivity contribution in [2.24, 2.45) is 0 Å². The van der Waals surface area contributed by atoms with Crippen LogP contribution in [0.25, 0.3) is 0 Å². The van der Waals surface area contributed by atoms with E-state index in [9.17, 15) is 4.79 Å². The Kier molecular flexibility index (Phi) is 4.12. The second-order valence-corrected chi connectivity index (χ2v) is 4.12. The summed E-state index contributed by atoms with van der Waals surface area (Å²) in [5.41, 5.74) is 0.105. The Balaban J connectivity index is 3.11. The molecule has 0 amide bonds. The topological polar surface area (TPSA) is 53.4 Å². The summed E-state index contributed by atoms with van der Waals surface area (Å²) in [6.07, 6.45) is 1.33. The van der Waals surface area contributed by atoms with Crippen molar-refractivity contribution in [3.05, 3.63) is 22.8 Å². The zero-order chi connectivity index (χ0) is 12.3. The van der Waals surface area contributed by atoms with Crippen molar-refractivity contribution in [2.75, 3.05) is 11.4 Å². The van der Waals surface area contributed by atoms with Gasteiger partial charge in [0.2, 0.25) is 0 Å². The van der Waals surface area contributed by atoms with Gasteiger partial charge in [-0.15, -0.1) is 0 Å². The molecule has 0 aliphatic rings. The summed E-state index contributed by atoms with van der Waals surface area (Å²) in [6.45, 7) is 6.85. The van der Waals surface area contributed by atoms with Gasteiger partial charge in [0.05, 0.1) is 10.6 Å². The fraction of sp³-hybridized carbons (Fsp3) is 0.455. The van der Waals surface area contributed by atoms with Crippen LogP contribution in [0.3, 0.4) is 0 Å². The van der Waals surface area contributed by atoms with E-state index in [-0.39, 0.29) is 11.6 Å². The van der Waals surface area contributed by atoms with E-state index in [0.717, 1.165) is 6.54 Å². The SMILES string of the molecule is CCN(c1ncc(C(=O)O)cc1Cl)C(C)C. The minimum absolute atomic E-state index is 0.105. The minimum Gasteiger partial charge on any atom is -0.478 e. The molecular formula is C11H15ClN2O2. The summed E-state index contributed by atoms with van der Waals surface area (Å²) < 4.78 is 0. The van der Waals surface area contributed by atoms with Crippen LogP contribution in [-0.2, 0) is 0 Å². The fourth-order valence-electron chi connectivity index (χ4n) is 1.52. The Morgan fingerprint density at radius 3 is 2.62 bits per heavy atom. The predicted octanol–water partition coefficient (Wildman–Crippen LogP) is 2.67. The highest BCUT2D eigenvalue weighted by Gasteiger charge is 2.15. The van der Waals surface area contributed by atoms with Crippen molar-refractivity contribution in [3.63, 3.8) is 0 Å². The Morgan fingerprint density at radius 2 is 2.25 bits per heavy atom. The van der Waals surface area contributed by atoms with E-state index >= 15 is 0 Å². The van der Waals surface area contributed by atoms with Gasteiger partial charge >= 0.3 is 5.97 Å². The van der Waals surface area contributed by atoms with E-state index in [4.69, 9.17) is 16.7 Å². The maximum absolute atomic E-state index is 10.7. The number of rotatable bonds is 4. The van der Waals surface area contributed by atoms with Gasteiger partial charge in [-0.05, 0) is 26.8 Å². The van der Waals surface area contributed by atoms with Gasteiger partial charge in [0.25, 0.3) is 0 Å². The monoisotopic (exact) mass is 242 g/mol. The highest BCUT2D eigenvalue weighted by Crippen LogP contribution is 2.25. The lowest BCUT2D eigenvalue weighted by atomic mass is 10.2. The van der Waals surface area contributed by atoms with Gasteiger partial charge in [0.1, 0.15) is 5.82 Å². The molecule has 0 bridgehead atoms. The highest BCUT2D eigenvalue weighted by molar-refractivity contribution is 6.33. The second kappa shape index (κ2) is 5.16. The van der Waals surface area contributed by atoms with Crippen LogP contribution in [0.15, 0.2) is 12.3 Å². The summed E-state index contributed by atoms with van der Waals surface area (Å²) in [6, 6.07) is 1.70. The summed E-state index contributed by atoms with van der Waals surface area (Å²) >= 11 is 6.02. The van der Waals surface area contributed by atoms with Gasteiger partial charge in [-0.2, -0.15) is 0 Å². The highest BCUT2D eigenvalue weighted by atomic mass is 35.5. The normalized spacial score (nSPS) is 10.6. The van der Waals surface area contributed by atoms with E-state index in [2.05, 4.69) is 4.98 Å². The second-order valence-electron chi connectivity index (χ2n) is 3.71. The van der Waals surface area contributed by atoms with Crippen LogP contribution in [-0.4, -0.2) is 28.6 Å². The first kappa shape index (κ1) is 12.8. The molecule has 0 aliphatic carbocycles. The zero-order valence-electron chi connectivity index (χ0n) is 9.57. The Morgan fingerprint density at radius 1 is 1.62 bits per heavy atom. The number of nitrogens with zero attached hydrogens (tertiary/aromatic N) is 2. The van der Waals surface area contributed by atoms with E-state index in [1.54, 1.807) is 0 Å². The molecule has 0 saturated heterocycles. The number of halogens is 1. The lowest BCUT2D eigenvalue weighted by Crippen LogP contribution is -2.31. The smallest absolute Gasteiger partial charge is 0.337 e. The molecule has 16 heavy (non-hydrogen) atoms. The lowest BCUT2D eigenvalue weighted by molar-refractivity contribution is 0.0696. The molecule has 1 aromatic rings. The zero-order valence-corrected chi connectivity index (χ0v) is 10.3. The van der Waals surface area contributed by atoms with Crippen molar-refractivity contribution in [1.82, 2.24) is 4.98 Å². The van der Waals surface area contributed by atoms with E-state index in [0.29, 0.717) is 10.8 Å². The quantitative estimate of drug-likeness (QED) is 0.882. The van der Waals surface area contributed by atoms with Crippen LogP contribution < -0.4 is 4.90 Å². The molecule has 5 heteroatoms. The van der Waals surface area contributed by atoms with Crippen LogP contribution in [0.1, 0.15) is 31.1 Å². The van der Waals surface area contributed by atoms with Gasteiger partial charge in [0, 0.05) is 18.8 Å². The molecule has 0 saturated carbocycles. The Hall–Kier alpha value is -1.29. The van der Waals surface area contributed by atoms with Crippen LogP contribution in [0, 0.1) is 0 Å². The molecule has 0 spiro atoms. The molecule has 1 aromatic heterocycles. The predicted molar refractivity (Wildman–Crippen MR) is 64.4 cm³/mol. The number of carboxylic acid groups (broad SMARTS) is 1. The number of pyridine rings is 1. The Bertz CT molecular complexity index is 394. The molecule has 0 unspecified atom stereocenters. The average Bonchev–Trinajstić information content (AvgIpc) is 2.20. The largest absolute Gasteiger partial charge is 0.478 e. The molecule has 0 aromatic carbocycles. The van der Waals surface area contributed by atoms with Crippen molar-refractivity contribution < 1.29 is 9.90 Å². The summed E-state index contributed by atoms with van der Waals surface area (Å²) in [4.78, 5) is 16.8. The first-order valence-corrected chi connectivity index (χ1v) is 5.50. The standard InChI is InChI=1S/C11H15ClN2O2/c1-4-14(7(2)3)10-9(12)5-8(6-13-10)11(15)16/h5-7H,4H2,1-3H3,(H,15,16). The summed E-state index contributed by atoms with van der Waals surface area (Å²) in [5.74, 6) is -0.391. The van der Waals surface area contributed by atoms with Crippen LogP contribution in [0.4, 0.5) is 5.82 Å². The van der Waals surface area contributed by atoms with Gasteiger partial charge in [-0.1, -0.05) is 11.6 Å². The molecule has 1 N–H and O–H groups in total. The third-order valence-electron chi connectivity index (χ3n) is 2.30. The average molecular weight is 243 g/mol. The van der Waals surface area contributed by atoms with Gasteiger partial charge in [0.15, 0.2) is 0 Å². The first-order chi connectivity index (χ1) is 7.47. The van der Waals surface area contributed by atoms with Gasteiger partial charge in [-0.3, -0.25) is 0 Å². The number of aromatic nitrogens is 1. The Labute approximate surface area is 99.9 Å². The van der Waals surface area contributed by atoms with E-state index in [1.165, 1.54) is 12.3 Å². The maximum Gasteiger partial charge on any atom is 0.337 e. The van der Waals surface area contributed by atoms with Crippen molar-refractivity contribution in [2.45, 2.75) is 26.8 Å². The van der Waals surface area contributed by atoms with Crippen molar-refractivity contribution in [1.29, 1.82) is 0 Å². The summed E-state index contributed by atoms with van der Waals surface area (Å²) in [7, 11) is 0. The third-order valence-corrected chi connectivity index (χ3v) is 2.58. The number of hydrogen-bond acceptors (Lipinski definition) is 3. The molecule has 0 atom stereocenters. The maximum atomic E-state index is 10.7. The molecule has 0 fully saturated rings. The molecule has 4 nitrogen and oxygen atoms in total.